The monoisotopic (exact) mass is 451 g/mol. The number of nitrogens with one attached hydrogen (secondary N) is 2. The molecule has 2 heterocycles. The average Bonchev–Trinajstić information content (AvgIpc) is 3.29. The summed E-state index contributed by atoms with van der Waals surface area (Å²) in [5.74, 6) is 0.228. The van der Waals surface area contributed by atoms with Gasteiger partial charge in [-0.3, -0.25) is 19.6 Å². The average molecular weight is 452 g/mol. The number of benzene rings is 1. The normalized spacial score (nSPS) is 14.8. The maximum absolute atomic E-state index is 13.1. The van der Waals surface area contributed by atoms with Gasteiger partial charge in [0, 0.05) is 23.8 Å². The van der Waals surface area contributed by atoms with Gasteiger partial charge in [-0.1, -0.05) is 24.3 Å². The molecule has 1 aliphatic rings. The highest BCUT2D eigenvalue weighted by Crippen LogP contribution is 2.40. The van der Waals surface area contributed by atoms with Crippen molar-refractivity contribution in [3.8, 4) is 11.3 Å². The zero-order valence-electron chi connectivity index (χ0n) is 19.1. The van der Waals surface area contributed by atoms with Crippen molar-refractivity contribution in [3.05, 3.63) is 52.7 Å². The highest BCUT2D eigenvalue weighted by Gasteiger charge is 2.31. The molecule has 0 radical (unpaired) electrons. The molecule has 0 aliphatic heterocycles. The Kier molecular flexibility index (Phi) is 5.90. The smallest absolute Gasteiger partial charge is 0.275 e. The van der Waals surface area contributed by atoms with Crippen molar-refractivity contribution < 1.29 is 9.59 Å². The molecule has 7 nitrogen and oxygen atoms in total. The predicted molar refractivity (Wildman–Crippen MR) is 127 cm³/mol. The number of hydrogen-bond acceptors (Lipinski definition) is 5. The molecule has 1 atom stereocenters. The largest absolute Gasteiger partial charge is 0.350 e. The van der Waals surface area contributed by atoms with Crippen LogP contribution in [0.15, 0.2) is 35.7 Å². The summed E-state index contributed by atoms with van der Waals surface area (Å²) >= 11 is 1.40. The van der Waals surface area contributed by atoms with Crippen LogP contribution in [0.4, 0.5) is 5.13 Å². The molecule has 3 aromatic rings. The van der Waals surface area contributed by atoms with Gasteiger partial charge in [0.1, 0.15) is 5.69 Å². The van der Waals surface area contributed by atoms with Gasteiger partial charge in [0.2, 0.25) is 5.91 Å². The fraction of sp³-hybridized carbons (Fsp3) is 0.417. The van der Waals surface area contributed by atoms with Crippen LogP contribution < -0.4 is 10.6 Å². The van der Waals surface area contributed by atoms with Crippen LogP contribution in [-0.2, 0) is 10.3 Å². The molecular formula is C24H29N5O2S. The van der Waals surface area contributed by atoms with E-state index in [1.165, 1.54) is 18.3 Å². The van der Waals surface area contributed by atoms with Gasteiger partial charge in [-0.15, -0.1) is 11.3 Å². The van der Waals surface area contributed by atoms with Gasteiger partial charge in [0.05, 0.1) is 23.0 Å². The number of amides is 2. The Morgan fingerprint density at radius 1 is 1.19 bits per heavy atom. The lowest BCUT2D eigenvalue weighted by Crippen LogP contribution is -2.29. The maximum atomic E-state index is 13.1. The van der Waals surface area contributed by atoms with Crippen molar-refractivity contribution in [2.45, 2.75) is 65.0 Å². The zero-order chi connectivity index (χ0) is 23.0. The highest BCUT2D eigenvalue weighted by molar-refractivity contribution is 7.14. The van der Waals surface area contributed by atoms with Crippen LogP contribution in [0.2, 0.25) is 0 Å². The molecule has 8 heteroatoms. The van der Waals surface area contributed by atoms with Crippen LogP contribution >= 0.6 is 11.3 Å². The maximum Gasteiger partial charge on any atom is 0.275 e. The fourth-order valence-corrected chi connectivity index (χ4v) is 4.32. The number of thiazole rings is 1. The standard InChI is InChI=1S/C24H29N5O2S/c1-14(25-15(2)30)16-6-8-18(9-7-16)20-13-32-23(26-20)27-22(31)21-12-19(17-10-11-17)28-29(21)24(3,4)5/h6-9,12-14,17H,10-11H2,1-5H3,(H,25,30)(H,26,27,31). The molecule has 1 unspecified atom stereocenters. The van der Waals surface area contributed by atoms with E-state index < -0.39 is 0 Å². The second kappa shape index (κ2) is 8.50. The first-order chi connectivity index (χ1) is 15.1. The van der Waals surface area contributed by atoms with E-state index in [-0.39, 0.29) is 23.4 Å². The number of nitrogens with zero attached hydrogens (tertiary/aromatic N) is 3. The molecular weight excluding hydrogens is 422 g/mol. The van der Waals surface area contributed by atoms with Gasteiger partial charge in [-0.05, 0) is 52.2 Å². The third-order valence-electron chi connectivity index (χ3n) is 5.44. The molecule has 1 aromatic carbocycles. The van der Waals surface area contributed by atoms with Crippen LogP contribution in [0.25, 0.3) is 11.3 Å². The van der Waals surface area contributed by atoms with Crippen molar-refractivity contribution in [1.82, 2.24) is 20.1 Å². The third kappa shape index (κ3) is 4.91. The molecule has 32 heavy (non-hydrogen) atoms. The lowest BCUT2D eigenvalue weighted by molar-refractivity contribution is -0.119. The number of anilines is 1. The molecule has 4 rings (SSSR count). The van der Waals surface area contributed by atoms with Crippen LogP contribution in [-0.4, -0.2) is 26.6 Å². The van der Waals surface area contributed by atoms with Crippen LogP contribution in [0.1, 0.15) is 81.2 Å². The van der Waals surface area contributed by atoms with Gasteiger partial charge < -0.3 is 5.32 Å². The van der Waals surface area contributed by atoms with Crippen molar-refractivity contribution in [3.63, 3.8) is 0 Å². The number of rotatable bonds is 6. The van der Waals surface area contributed by atoms with E-state index in [0.29, 0.717) is 16.7 Å². The molecule has 0 bridgehead atoms. The molecule has 0 saturated heterocycles. The number of aromatic nitrogens is 3. The Morgan fingerprint density at radius 2 is 1.88 bits per heavy atom. The topological polar surface area (TPSA) is 88.9 Å². The van der Waals surface area contributed by atoms with Gasteiger partial charge in [0.25, 0.3) is 5.91 Å². The number of carbonyl (C=O) groups is 2. The van der Waals surface area contributed by atoms with Crippen molar-refractivity contribution in [2.24, 2.45) is 0 Å². The van der Waals surface area contributed by atoms with E-state index in [1.54, 1.807) is 0 Å². The van der Waals surface area contributed by atoms with E-state index in [4.69, 9.17) is 5.10 Å². The summed E-state index contributed by atoms with van der Waals surface area (Å²) in [5.41, 5.74) is 4.05. The SMILES string of the molecule is CC(=O)NC(C)c1ccc(-c2csc(NC(=O)c3cc(C4CC4)nn3C(C)(C)C)n2)cc1. The minimum Gasteiger partial charge on any atom is -0.350 e. The van der Waals surface area contributed by atoms with Gasteiger partial charge in [-0.2, -0.15) is 5.10 Å². The lowest BCUT2D eigenvalue weighted by Gasteiger charge is -2.21. The minimum absolute atomic E-state index is 0.0555. The molecule has 0 spiro atoms. The van der Waals surface area contributed by atoms with Crippen molar-refractivity contribution >= 4 is 28.3 Å². The molecule has 168 valence electrons. The number of hydrogen-bond donors (Lipinski definition) is 2. The predicted octanol–water partition coefficient (Wildman–Crippen LogP) is 5.09. The quantitative estimate of drug-likeness (QED) is 0.546. The summed E-state index contributed by atoms with van der Waals surface area (Å²) in [6.45, 7) is 9.60. The van der Waals surface area contributed by atoms with Gasteiger partial charge >= 0.3 is 0 Å². The Balaban J connectivity index is 1.49. The second-order valence-corrected chi connectivity index (χ2v) is 10.2. The van der Waals surface area contributed by atoms with E-state index in [0.717, 1.165) is 35.4 Å². The van der Waals surface area contributed by atoms with E-state index in [9.17, 15) is 9.59 Å². The first-order valence-corrected chi connectivity index (χ1v) is 11.7. The summed E-state index contributed by atoms with van der Waals surface area (Å²) in [6.07, 6.45) is 2.28. The van der Waals surface area contributed by atoms with E-state index in [1.807, 2.05) is 68.1 Å². The minimum atomic E-state index is -0.288. The summed E-state index contributed by atoms with van der Waals surface area (Å²) < 4.78 is 1.82. The van der Waals surface area contributed by atoms with Crippen LogP contribution in [0.5, 0.6) is 0 Å². The van der Waals surface area contributed by atoms with Crippen LogP contribution in [0, 0.1) is 0 Å². The summed E-state index contributed by atoms with van der Waals surface area (Å²) in [4.78, 5) is 28.9. The molecule has 2 amide bonds. The van der Waals surface area contributed by atoms with Gasteiger partial charge in [-0.25, -0.2) is 4.98 Å². The molecule has 1 aliphatic carbocycles. The first kappa shape index (κ1) is 22.2. The third-order valence-corrected chi connectivity index (χ3v) is 6.20. The summed E-state index contributed by atoms with van der Waals surface area (Å²) in [5, 5.41) is 13.0. The summed E-state index contributed by atoms with van der Waals surface area (Å²) in [7, 11) is 0. The van der Waals surface area contributed by atoms with Crippen molar-refractivity contribution in [2.75, 3.05) is 5.32 Å². The van der Waals surface area contributed by atoms with Crippen molar-refractivity contribution in [1.29, 1.82) is 0 Å². The molecule has 2 aromatic heterocycles. The second-order valence-electron chi connectivity index (χ2n) is 9.35. The zero-order valence-corrected chi connectivity index (χ0v) is 19.9. The molecule has 1 fully saturated rings. The fourth-order valence-electron chi connectivity index (χ4n) is 3.61. The molecule has 1 saturated carbocycles. The Morgan fingerprint density at radius 3 is 2.47 bits per heavy atom. The lowest BCUT2D eigenvalue weighted by atomic mass is 10.1. The van der Waals surface area contributed by atoms with Crippen LogP contribution in [0.3, 0.4) is 0 Å². The summed E-state index contributed by atoms with van der Waals surface area (Å²) in [6, 6.07) is 9.78. The van der Waals surface area contributed by atoms with Gasteiger partial charge in [0.15, 0.2) is 5.13 Å². The molecule has 2 N–H and O–H groups in total. The van der Waals surface area contributed by atoms with E-state index in [2.05, 4.69) is 15.6 Å². The Hall–Kier alpha value is -3.00. The number of carbonyl (C=O) groups excluding carboxylic acids is 2. The highest BCUT2D eigenvalue weighted by atomic mass is 32.1. The first-order valence-electron chi connectivity index (χ1n) is 10.9. The Labute approximate surface area is 192 Å². The van der Waals surface area contributed by atoms with E-state index >= 15 is 0 Å². The Bertz CT molecular complexity index is 1140.